The van der Waals surface area contributed by atoms with Gasteiger partial charge in [-0.25, -0.2) is 4.39 Å². The number of carbonyl (C=O) groups is 1. The minimum atomic E-state index is -0.372. The quantitative estimate of drug-likeness (QED) is 0.938. The first-order valence-electron chi connectivity index (χ1n) is 7.11. The summed E-state index contributed by atoms with van der Waals surface area (Å²) in [5.41, 5.74) is 2.45. The van der Waals surface area contributed by atoms with E-state index < -0.39 is 0 Å². The second kappa shape index (κ2) is 5.56. The zero-order valence-electron chi connectivity index (χ0n) is 11.8. The van der Waals surface area contributed by atoms with Gasteiger partial charge in [-0.3, -0.25) is 4.79 Å². The van der Waals surface area contributed by atoms with Crippen LogP contribution >= 0.6 is 0 Å². The number of nitrogens with one attached hydrogen (secondary N) is 1. The zero-order valence-corrected chi connectivity index (χ0v) is 11.8. The Morgan fingerprint density at radius 2 is 1.95 bits per heavy atom. The van der Waals surface area contributed by atoms with Crippen LogP contribution in [0.1, 0.15) is 12.5 Å². The van der Waals surface area contributed by atoms with Gasteiger partial charge in [-0.15, -0.1) is 0 Å². The predicted molar refractivity (Wildman–Crippen MR) is 82.0 cm³/mol. The lowest BCUT2D eigenvalue weighted by atomic mass is 10.1. The summed E-state index contributed by atoms with van der Waals surface area (Å²) >= 11 is 0. The lowest BCUT2D eigenvalue weighted by molar-refractivity contribution is -0.119. The average molecular weight is 284 g/mol. The highest BCUT2D eigenvalue weighted by Crippen LogP contribution is 2.28. The van der Waals surface area contributed by atoms with Crippen LogP contribution in [0.25, 0.3) is 0 Å². The van der Waals surface area contributed by atoms with E-state index in [1.165, 1.54) is 11.0 Å². The van der Waals surface area contributed by atoms with Crippen molar-refractivity contribution in [2.75, 3.05) is 16.8 Å². The predicted octanol–water partition coefficient (Wildman–Crippen LogP) is 3.22. The summed E-state index contributed by atoms with van der Waals surface area (Å²) in [6, 6.07) is 13.9. The monoisotopic (exact) mass is 284 g/mol. The van der Waals surface area contributed by atoms with E-state index in [1.54, 1.807) is 18.2 Å². The van der Waals surface area contributed by atoms with Crippen molar-refractivity contribution in [1.82, 2.24) is 0 Å². The Hall–Kier alpha value is -2.36. The third-order valence-corrected chi connectivity index (χ3v) is 3.79. The first-order valence-corrected chi connectivity index (χ1v) is 7.11. The van der Waals surface area contributed by atoms with Crippen molar-refractivity contribution in [3.63, 3.8) is 0 Å². The van der Waals surface area contributed by atoms with Crippen molar-refractivity contribution >= 4 is 17.3 Å². The number of anilines is 2. The molecule has 0 spiro atoms. The van der Waals surface area contributed by atoms with Crippen molar-refractivity contribution in [3.05, 3.63) is 59.9 Å². The number of nitrogens with zero attached hydrogens (tertiary/aromatic N) is 1. The van der Waals surface area contributed by atoms with Crippen molar-refractivity contribution in [3.8, 4) is 0 Å². The summed E-state index contributed by atoms with van der Waals surface area (Å²) in [7, 11) is 0. The molecule has 1 atom stereocenters. The van der Waals surface area contributed by atoms with Crippen molar-refractivity contribution in [1.29, 1.82) is 0 Å². The molecule has 1 amide bonds. The number of likely N-dealkylation sites (N-methyl/N-ethyl adjacent to an activating group) is 1. The van der Waals surface area contributed by atoms with Gasteiger partial charge in [0.05, 0.1) is 5.69 Å². The van der Waals surface area contributed by atoms with Crippen LogP contribution in [0, 0.1) is 5.82 Å². The van der Waals surface area contributed by atoms with Gasteiger partial charge >= 0.3 is 0 Å². The van der Waals surface area contributed by atoms with Crippen molar-refractivity contribution in [2.45, 2.75) is 19.4 Å². The molecule has 3 nitrogen and oxygen atoms in total. The molecule has 108 valence electrons. The molecule has 0 unspecified atom stereocenters. The average Bonchev–Trinajstić information content (AvgIpc) is 2.93. The number of carbonyl (C=O) groups excluding carboxylic acids is 1. The van der Waals surface area contributed by atoms with Crippen LogP contribution in [0.4, 0.5) is 15.8 Å². The van der Waals surface area contributed by atoms with Crippen LogP contribution in [0.2, 0.25) is 0 Å². The molecule has 2 aromatic rings. The topological polar surface area (TPSA) is 32.3 Å². The van der Waals surface area contributed by atoms with Crippen LogP contribution in [-0.2, 0) is 11.2 Å². The highest BCUT2D eigenvalue weighted by Gasteiger charge is 2.30. The van der Waals surface area contributed by atoms with Crippen molar-refractivity contribution < 1.29 is 9.18 Å². The molecule has 0 radical (unpaired) electrons. The van der Waals surface area contributed by atoms with Crippen LogP contribution in [0.3, 0.4) is 0 Å². The summed E-state index contributed by atoms with van der Waals surface area (Å²) in [4.78, 5) is 14.2. The molecule has 0 fully saturated rings. The third-order valence-electron chi connectivity index (χ3n) is 3.79. The van der Waals surface area contributed by atoms with E-state index in [-0.39, 0.29) is 17.8 Å². The maximum absolute atomic E-state index is 13.9. The Bertz CT molecular complexity index is 646. The maximum atomic E-state index is 13.9. The Morgan fingerprint density at radius 1 is 1.24 bits per heavy atom. The molecule has 21 heavy (non-hydrogen) atoms. The third kappa shape index (κ3) is 2.49. The minimum Gasteiger partial charge on any atom is -0.373 e. The second-order valence-corrected chi connectivity index (χ2v) is 5.09. The molecule has 2 aromatic carbocycles. The first-order chi connectivity index (χ1) is 10.2. The normalized spacial score (nSPS) is 16.2. The molecule has 0 bridgehead atoms. The highest BCUT2D eigenvalue weighted by atomic mass is 19.1. The van der Waals surface area contributed by atoms with E-state index in [9.17, 15) is 9.18 Å². The Kier molecular flexibility index (Phi) is 3.60. The number of hydrogen-bond donors (Lipinski definition) is 1. The maximum Gasteiger partial charge on any atom is 0.249 e. The van der Waals surface area contributed by atoms with Crippen LogP contribution < -0.4 is 10.2 Å². The van der Waals surface area contributed by atoms with E-state index in [1.807, 2.05) is 31.2 Å². The molecule has 1 aliphatic heterocycles. The smallest absolute Gasteiger partial charge is 0.249 e. The number of hydrogen-bond acceptors (Lipinski definition) is 2. The lowest BCUT2D eigenvalue weighted by Gasteiger charge is -2.25. The standard InChI is InChI=1S/C17H17FN2O/c1-2-20(16-10-6-4-8-13(16)18)17(21)15-11-12-7-3-5-9-14(12)19-15/h3-10,15,19H,2,11H2,1H3/t15-/m0/s1. The van der Waals surface area contributed by atoms with Gasteiger partial charge in [-0.1, -0.05) is 30.3 Å². The van der Waals surface area contributed by atoms with Gasteiger partial charge in [0.2, 0.25) is 5.91 Å². The summed E-state index contributed by atoms with van der Waals surface area (Å²) in [5, 5.41) is 3.22. The second-order valence-electron chi connectivity index (χ2n) is 5.09. The van der Waals surface area contributed by atoms with Gasteiger partial charge in [0.15, 0.2) is 0 Å². The van der Waals surface area contributed by atoms with Gasteiger partial charge in [-0.05, 0) is 30.7 Å². The molecule has 0 aliphatic carbocycles. The van der Waals surface area contributed by atoms with Gasteiger partial charge < -0.3 is 10.2 Å². The molecule has 0 aromatic heterocycles. The van der Waals surface area contributed by atoms with E-state index in [0.29, 0.717) is 18.7 Å². The Morgan fingerprint density at radius 3 is 2.67 bits per heavy atom. The number of amides is 1. The summed E-state index contributed by atoms with van der Waals surface area (Å²) in [5.74, 6) is -0.470. The van der Waals surface area contributed by atoms with Gasteiger partial charge in [0, 0.05) is 18.7 Å². The number of para-hydroxylation sites is 2. The molecule has 1 N–H and O–H groups in total. The van der Waals surface area contributed by atoms with Crippen LogP contribution in [0.15, 0.2) is 48.5 Å². The highest BCUT2D eigenvalue weighted by molar-refractivity contribution is 6.00. The van der Waals surface area contributed by atoms with Crippen LogP contribution in [-0.4, -0.2) is 18.5 Å². The van der Waals surface area contributed by atoms with Gasteiger partial charge in [0.25, 0.3) is 0 Å². The van der Waals surface area contributed by atoms with E-state index >= 15 is 0 Å². The fourth-order valence-electron chi connectivity index (χ4n) is 2.75. The minimum absolute atomic E-state index is 0.0983. The van der Waals surface area contributed by atoms with Gasteiger partial charge in [-0.2, -0.15) is 0 Å². The number of benzene rings is 2. The molecule has 1 aliphatic rings. The van der Waals surface area contributed by atoms with Gasteiger partial charge in [0.1, 0.15) is 11.9 Å². The van der Waals surface area contributed by atoms with Crippen LogP contribution in [0.5, 0.6) is 0 Å². The molecule has 3 rings (SSSR count). The first kappa shape index (κ1) is 13.6. The zero-order chi connectivity index (χ0) is 14.8. The number of fused-ring (bicyclic) bond motifs is 1. The molecule has 0 saturated carbocycles. The summed E-state index contributed by atoms with van der Waals surface area (Å²) < 4.78 is 13.9. The van der Waals surface area contributed by atoms with E-state index in [4.69, 9.17) is 0 Å². The molecular weight excluding hydrogens is 267 g/mol. The van der Waals surface area contributed by atoms with Crippen molar-refractivity contribution in [2.24, 2.45) is 0 Å². The molecule has 1 heterocycles. The lowest BCUT2D eigenvalue weighted by Crippen LogP contribution is -2.42. The number of halogens is 1. The molecular formula is C17H17FN2O. The Balaban J connectivity index is 1.84. The summed E-state index contributed by atoms with van der Waals surface area (Å²) in [6.45, 7) is 2.29. The Labute approximate surface area is 123 Å². The molecule has 0 saturated heterocycles. The summed E-state index contributed by atoms with van der Waals surface area (Å²) in [6.07, 6.45) is 0.639. The van der Waals surface area contributed by atoms with E-state index in [0.717, 1.165) is 11.3 Å². The molecule has 4 heteroatoms. The largest absolute Gasteiger partial charge is 0.373 e. The number of rotatable bonds is 3. The SMILES string of the molecule is CCN(C(=O)[C@@H]1Cc2ccccc2N1)c1ccccc1F. The fraction of sp³-hybridized carbons (Fsp3) is 0.235. The van der Waals surface area contributed by atoms with E-state index in [2.05, 4.69) is 5.32 Å². The fourth-order valence-corrected chi connectivity index (χ4v) is 2.75.